The highest BCUT2D eigenvalue weighted by Gasteiger charge is 2.48. The Balaban J connectivity index is 1.26. The van der Waals surface area contributed by atoms with Gasteiger partial charge in [-0.05, 0) is 61.7 Å². The van der Waals surface area contributed by atoms with Gasteiger partial charge in [0.05, 0.1) is 19.3 Å². The van der Waals surface area contributed by atoms with Crippen LogP contribution in [0.1, 0.15) is 34.7 Å². The Hall–Kier alpha value is -3.93. The first kappa shape index (κ1) is 27.6. The Bertz CT molecular complexity index is 1500. The minimum Gasteiger partial charge on any atom is -0.396 e. The van der Waals surface area contributed by atoms with Gasteiger partial charge in [0.25, 0.3) is 0 Å². The highest BCUT2D eigenvalue weighted by molar-refractivity contribution is 5.84. The van der Waals surface area contributed by atoms with Crippen molar-refractivity contribution in [2.75, 3.05) is 13.2 Å². The van der Waals surface area contributed by atoms with E-state index in [0.29, 0.717) is 19.5 Å². The maximum absolute atomic E-state index is 13.4. The van der Waals surface area contributed by atoms with Crippen molar-refractivity contribution >= 4 is 16.8 Å². The molecule has 4 N–H and O–H groups in total. The SMILES string of the molecule is Cc1ccc(C#Cc2ccc(CN3O[C@H]([C@@H](C)O)[C@H](CO)C3C(=O)NCCc3c[nH]c4ccccc34)cc2)cc1. The number of hydrogen-bond donors (Lipinski definition) is 4. The van der Waals surface area contributed by atoms with Gasteiger partial charge in [-0.2, -0.15) is 5.06 Å². The molecule has 3 aromatic carbocycles. The van der Waals surface area contributed by atoms with E-state index < -0.39 is 24.2 Å². The molecule has 4 atom stereocenters. The molecule has 0 bridgehead atoms. The van der Waals surface area contributed by atoms with Gasteiger partial charge in [-0.25, -0.2) is 0 Å². The molecule has 1 aliphatic heterocycles. The van der Waals surface area contributed by atoms with Gasteiger partial charge >= 0.3 is 0 Å². The summed E-state index contributed by atoms with van der Waals surface area (Å²) in [5.41, 5.74) is 6.15. The predicted molar refractivity (Wildman–Crippen MR) is 155 cm³/mol. The van der Waals surface area contributed by atoms with Crippen molar-refractivity contribution in [1.82, 2.24) is 15.4 Å². The van der Waals surface area contributed by atoms with Crippen molar-refractivity contribution in [1.29, 1.82) is 0 Å². The lowest BCUT2D eigenvalue weighted by Gasteiger charge is -2.24. The normalized spacial score (nSPS) is 19.8. The number of hydroxylamine groups is 2. The molecular weight excluding hydrogens is 502 g/mol. The molecule has 1 aromatic heterocycles. The summed E-state index contributed by atoms with van der Waals surface area (Å²) >= 11 is 0. The monoisotopic (exact) mass is 537 g/mol. The molecule has 4 aromatic rings. The van der Waals surface area contributed by atoms with E-state index >= 15 is 0 Å². The zero-order chi connectivity index (χ0) is 28.1. The predicted octanol–water partition coefficient (Wildman–Crippen LogP) is 3.71. The van der Waals surface area contributed by atoms with Crippen LogP contribution in [0.2, 0.25) is 0 Å². The molecule has 1 amide bonds. The molecule has 7 nitrogen and oxygen atoms in total. The van der Waals surface area contributed by atoms with Crippen molar-refractivity contribution in [2.45, 2.75) is 45.1 Å². The number of amides is 1. The summed E-state index contributed by atoms with van der Waals surface area (Å²) in [6.07, 6.45) is 1.10. The summed E-state index contributed by atoms with van der Waals surface area (Å²) in [7, 11) is 0. The molecule has 7 heteroatoms. The average molecular weight is 538 g/mol. The number of aliphatic hydroxyl groups is 2. The number of H-pyrrole nitrogens is 1. The minimum absolute atomic E-state index is 0.234. The summed E-state index contributed by atoms with van der Waals surface area (Å²) in [6.45, 7) is 4.15. The van der Waals surface area contributed by atoms with Gasteiger partial charge in [-0.15, -0.1) is 0 Å². The zero-order valence-electron chi connectivity index (χ0n) is 22.8. The lowest BCUT2D eigenvalue weighted by atomic mass is 9.92. The lowest BCUT2D eigenvalue weighted by molar-refractivity contribution is -0.192. The fourth-order valence-corrected chi connectivity index (χ4v) is 5.22. The Morgan fingerprint density at radius 2 is 1.73 bits per heavy atom. The molecule has 5 rings (SSSR count). The molecule has 0 radical (unpaired) electrons. The minimum atomic E-state index is -0.844. The van der Waals surface area contributed by atoms with Crippen LogP contribution in [0, 0.1) is 24.7 Å². The summed E-state index contributed by atoms with van der Waals surface area (Å²) < 4.78 is 0. The number of benzene rings is 3. The van der Waals surface area contributed by atoms with Gasteiger partial charge in [0, 0.05) is 40.7 Å². The number of nitrogens with zero attached hydrogens (tertiary/aromatic N) is 1. The number of aliphatic hydroxyl groups excluding tert-OH is 2. The van der Waals surface area contributed by atoms with Crippen LogP contribution < -0.4 is 5.32 Å². The second-order valence-corrected chi connectivity index (χ2v) is 10.4. The summed E-state index contributed by atoms with van der Waals surface area (Å²) in [4.78, 5) is 22.7. The van der Waals surface area contributed by atoms with Crippen molar-refractivity contribution in [3.63, 3.8) is 0 Å². The Labute approximate surface area is 234 Å². The van der Waals surface area contributed by atoms with E-state index in [1.54, 1.807) is 12.0 Å². The third-order valence-corrected chi connectivity index (χ3v) is 7.41. The number of carbonyl (C=O) groups excluding carboxylic acids is 1. The van der Waals surface area contributed by atoms with Gasteiger partial charge in [0.15, 0.2) is 0 Å². The van der Waals surface area contributed by atoms with Crippen molar-refractivity contribution in [3.8, 4) is 11.8 Å². The first-order valence-electron chi connectivity index (χ1n) is 13.7. The largest absolute Gasteiger partial charge is 0.396 e. The molecule has 0 aliphatic carbocycles. The van der Waals surface area contributed by atoms with Crippen molar-refractivity contribution in [2.24, 2.45) is 5.92 Å². The smallest absolute Gasteiger partial charge is 0.240 e. The van der Waals surface area contributed by atoms with Crippen LogP contribution in [-0.4, -0.2) is 57.6 Å². The molecule has 1 saturated heterocycles. The molecule has 1 aliphatic rings. The van der Waals surface area contributed by atoms with E-state index in [2.05, 4.69) is 28.2 Å². The molecule has 1 fully saturated rings. The Morgan fingerprint density at radius 3 is 2.40 bits per heavy atom. The topological polar surface area (TPSA) is 97.8 Å². The van der Waals surface area contributed by atoms with Gasteiger partial charge in [-0.1, -0.05) is 59.9 Å². The molecule has 206 valence electrons. The van der Waals surface area contributed by atoms with E-state index in [4.69, 9.17) is 4.84 Å². The first-order valence-corrected chi connectivity index (χ1v) is 13.7. The van der Waals surface area contributed by atoms with Crippen LogP contribution in [0.3, 0.4) is 0 Å². The maximum atomic E-state index is 13.4. The van der Waals surface area contributed by atoms with Crippen LogP contribution in [0.5, 0.6) is 0 Å². The van der Waals surface area contributed by atoms with Crippen LogP contribution in [-0.2, 0) is 22.6 Å². The Kier molecular flexibility index (Phi) is 8.63. The fourth-order valence-electron chi connectivity index (χ4n) is 5.22. The fraction of sp³-hybridized carbons (Fsp3) is 0.303. The van der Waals surface area contributed by atoms with E-state index in [-0.39, 0.29) is 12.5 Å². The Morgan fingerprint density at radius 1 is 1.05 bits per heavy atom. The van der Waals surface area contributed by atoms with E-state index in [0.717, 1.165) is 33.2 Å². The molecule has 0 spiro atoms. The number of carbonyl (C=O) groups is 1. The average Bonchev–Trinajstić information content (AvgIpc) is 3.55. The number of aryl methyl sites for hydroxylation is 1. The summed E-state index contributed by atoms with van der Waals surface area (Å²) in [5.74, 6) is 5.57. The maximum Gasteiger partial charge on any atom is 0.240 e. The number of hydrogen-bond acceptors (Lipinski definition) is 5. The van der Waals surface area contributed by atoms with Crippen LogP contribution in [0.15, 0.2) is 79.0 Å². The highest BCUT2D eigenvalue weighted by Crippen LogP contribution is 2.31. The lowest BCUT2D eigenvalue weighted by Crippen LogP contribution is -2.48. The van der Waals surface area contributed by atoms with E-state index in [1.807, 2.05) is 79.9 Å². The number of aromatic nitrogens is 1. The molecular formula is C33H35N3O4. The third kappa shape index (κ3) is 6.27. The van der Waals surface area contributed by atoms with Crippen LogP contribution in [0.25, 0.3) is 10.9 Å². The second-order valence-electron chi connectivity index (χ2n) is 10.4. The molecule has 2 heterocycles. The van der Waals surface area contributed by atoms with Gasteiger partial charge in [0.1, 0.15) is 12.1 Å². The summed E-state index contributed by atoms with van der Waals surface area (Å²) in [5, 5.41) is 26.3. The molecule has 40 heavy (non-hydrogen) atoms. The number of para-hydroxylation sites is 1. The number of fused-ring (bicyclic) bond motifs is 1. The zero-order valence-corrected chi connectivity index (χ0v) is 22.8. The van der Waals surface area contributed by atoms with E-state index in [1.165, 1.54) is 5.56 Å². The number of aromatic amines is 1. The molecule has 0 saturated carbocycles. The summed E-state index contributed by atoms with van der Waals surface area (Å²) in [6, 6.07) is 23.2. The van der Waals surface area contributed by atoms with Gasteiger partial charge < -0.3 is 20.5 Å². The third-order valence-electron chi connectivity index (χ3n) is 7.41. The van der Waals surface area contributed by atoms with Crippen molar-refractivity contribution in [3.05, 3.63) is 107 Å². The van der Waals surface area contributed by atoms with Gasteiger partial charge in [0.2, 0.25) is 5.91 Å². The number of rotatable bonds is 8. The highest BCUT2D eigenvalue weighted by atomic mass is 16.7. The van der Waals surface area contributed by atoms with Crippen molar-refractivity contribution < 1.29 is 19.8 Å². The van der Waals surface area contributed by atoms with E-state index in [9.17, 15) is 15.0 Å². The first-order chi connectivity index (χ1) is 19.4. The van der Waals surface area contributed by atoms with Crippen LogP contribution >= 0.6 is 0 Å². The molecule has 1 unspecified atom stereocenters. The van der Waals surface area contributed by atoms with Gasteiger partial charge in [-0.3, -0.25) is 9.63 Å². The second kappa shape index (κ2) is 12.5. The number of nitrogens with one attached hydrogen (secondary N) is 2. The quantitative estimate of drug-likeness (QED) is 0.257. The standard InChI is InChI=1S/C33H35N3O4/c1-22-7-9-24(10-8-22)11-12-25-13-15-26(16-14-25)20-36-31(29(21-37)32(40-36)23(2)38)33(39)34-18-17-27-19-35-30-6-4-3-5-28(27)30/h3-10,13-16,19,23,29,31-32,35,37-38H,17-18,20-21H2,1-2H3,(H,34,39)/t23-,29-,31?,32-/m1/s1. The van der Waals surface area contributed by atoms with Crippen LogP contribution in [0.4, 0.5) is 0 Å².